The largest absolute Gasteiger partial charge is 0.609 e. The molecule has 1 aromatic heterocycles. The number of Topliss-reactive ketones (excluding diaryl/α,β-unsaturated/α-hetero) is 1. The van der Waals surface area contributed by atoms with E-state index < -0.39 is 48.0 Å². The van der Waals surface area contributed by atoms with Crippen molar-refractivity contribution < 1.29 is 28.8 Å². The molecule has 0 aliphatic carbocycles. The first-order valence-corrected chi connectivity index (χ1v) is 9.58. The van der Waals surface area contributed by atoms with Crippen LogP contribution in [0.1, 0.15) is 18.9 Å². The highest BCUT2D eigenvalue weighted by molar-refractivity contribution is 7.91. The molecule has 0 bridgehead atoms. The Hall–Kier alpha value is -2.99. The lowest BCUT2D eigenvalue weighted by atomic mass is 10.1. The van der Waals surface area contributed by atoms with Gasteiger partial charge in [-0.3, -0.25) is 9.59 Å². The molecule has 0 saturated carbocycles. The van der Waals surface area contributed by atoms with E-state index in [1.54, 1.807) is 31.2 Å². The summed E-state index contributed by atoms with van der Waals surface area (Å²) < 4.78 is 16.6. The van der Waals surface area contributed by atoms with E-state index in [1.165, 1.54) is 0 Å². The van der Waals surface area contributed by atoms with Gasteiger partial charge >= 0.3 is 17.2 Å². The fourth-order valence-electron chi connectivity index (χ4n) is 2.09. The predicted octanol–water partition coefficient (Wildman–Crippen LogP) is 0.139. The maximum atomic E-state index is 12.4. The number of ether oxygens (including phenoxy) is 1. The van der Waals surface area contributed by atoms with Gasteiger partial charge in [0.1, 0.15) is 24.9 Å². The fourth-order valence-corrected chi connectivity index (χ4v) is 2.66. The van der Waals surface area contributed by atoms with E-state index in [0.717, 1.165) is 10.4 Å². The number of hydrogen-bond donors (Lipinski definition) is 2. The average Bonchev–Trinajstić information content (AvgIpc) is 3.14. The maximum absolute atomic E-state index is 12.4. The summed E-state index contributed by atoms with van der Waals surface area (Å²) in [5.41, 5.74) is 0.738. The van der Waals surface area contributed by atoms with Gasteiger partial charge in [0.15, 0.2) is 5.78 Å². The maximum Gasteiger partial charge on any atom is 0.408 e. The molecule has 2 unspecified atom stereocenters. The number of amides is 1. The van der Waals surface area contributed by atoms with Crippen LogP contribution in [0.25, 0.3) is 0 Å². The number of hydrogen-bond acceptors (Lipinski definition) is 8. The number of aromatic nitrogens is 4. The minimum absolute atomic E-state index is 0.0275. The second-order valence-corrected chi connectivity index (χ2v) is 7.19. The van der Waals surface area contributed by atoms with Gasteiger partial charge in [-0.1, -0.05) is 40.5 Å². The van der Waals surface area contributed by atoms with E-state index in [2.05, 4.69) is 20.7 Å². The van der Waals surface area contributed by atoms with E-state index in [-0.39, 0.29) is 17.5 Å². The number of carboxylic acid groups (broad SMARTS) is 1. The zero-order chi connectivity index (χ0) is 20.5. The molecule has 1 amide bonds. The molecular weight excluding hydrogens is 390 g/mol. The summed E-state index contributed by atoms with van der Waals surface area (Å²) in [6.45, 7) is 1.21. The molecule has 0 aliphatic rings. The second-order valence-electron chi connectivity index (χ2n) is 5.56. The average molecular weight is 409 g/mol. The Labute approximate surface area is 163 Å². The molecule has 2 rings (SSSR count). The van der Waals surface area contributed by atoms with Crippen molar-refractivity contribution in [2.75, 3.05) is 5.75 Å². The molecule has 28 heavy (non-hydrogen) atoms. The molecule has 2 atom stereocenters. The molecule has 12 heteroatoms. The van der Waals surface area contributed by atoms with Crippen molar-refractivity contribution in [1.29, 1.82) is 0 Å². The number of aliphatic carboxylic acids is 1. The van der Waals surface area contributed by atoms with Gasteiger partial charge < -0.3 is 19.7 Å². The Kier molecular flexibility index (Phi) is 7.89. The molecule has 0 fully saturated rings. The minimum Gasteiger partial charge on any atom is -0.609 e. The molecule has 0 spiro atoms. The fraction of sp³-hybridized carbons (Fsp3) is 0.375. The summed E-state index contributed by atoms with van der Waals surface area (Å²) in [6.07, 6.45) is -1.57. The highest BCUT2D eigenvalue weighted by Gasteiger charge is 2.26. The third kappa shape index (κ3) is 6.63. The van der Waals surface area contributed by atoms with Crippen LogP contribution in [-0.2, 0) is 38.7 Å². The number of carbonyl (C=O) groups is 3. The monoisotopic (exact) mass is 409 g/mol. The van der Waals surface area contributed by atoms with E-state index in [0.29, 0.717) is 0 Å². The lowest BCUT2D eigenvalue weighted by Gasteiger charge is -2.15. The summed E-state index contributed by atoms with van der Waals surface area (Å²) in [6, 6.07) is 7.52. The summed E-state index contributed by atoms with van der Waals surface area (Å²) >= 11 is -1.43. The molecule has 11 nitrogen and oxygen atoms in total. The van der Waals surface area contributed by atoms with Gasteiger partial charge in [-0.2, -0.15) is 4.80 Å². The van der Waals surface area contributed by atoms with Crippen LogP contribution >= 0.6 is 0 Å². The van der Waals surface area contributed by atoms with Gasteiger partial charge in [0.2, 0.25) is 0 Å². The number of nitrogens with one attached hydrogen (secondary N) is 1. The van der Waals surface area contributed by atoms with Crippen molar-refractivity contribution in [3.05, 3.63) is 35.9 Å². The molecule has 2 N–H and O–H groups in total. The third-order valence-corrected chi connectivity index (χ3v) is 4.56. The number of alkyl carbamates (subject to hydrolysis) is 1. The number of tetrazole rings is 1. The predicted molar refractivity (Wildman–Crippen MR) is 95.6 cm³/mol. The highest BCUT2D eigenvalue weighted by Crippen LogP contribution is 2.04. The van der Waals surface area contributed by atoms with Crippen LogP contribution in [0.15, 0.2) is 35.5 Å². The van der Waals surface area contributed by atoms with Crippen molar-refractivity contribution in [3.63, 3.8) is 0 Å². The molecule has 0 saturated heterocycles. The number of carbonyl (C=O) groups excluding carboxylic acids is 2. The van der Waals surface area contributed by atoms with Crippen molar-refractivity contribution in [2.24, 2.45) is 0 Å². The first kappa shape index (κ1) is 21.3. The molecule has 0 aliphatic heterocycles. The smallest absolute Gasteiger partial charge is 0.408 e. The van der Waals surface area contributed by atoms with Crippen molar-refractivity contribution >= 4 is 29.0 Å². The first-order valence-electron chi connectivity index (χ1n) is 8.27. The summed E-state index contributed by atoms with van der Waals surface area (Å²) in [5, 5.41) is 22.2. The lowest BCUT2D eigenvalue weighted by Crippen LogP contribution is -2.44. The number of ketones is 1. The topological polar surface area (TPSA) is 159 Å². The van der Waals surface area contributed by atoms with Crippen LogP contribution in [0.2, 0.25) is 0 Å². The van der Waals surface area contributed by atoms with Crippen LogP contribution in [-0.4, -0.2) is 59.5 Å². The number of nitrogens with zero attached hydrogens (tertiary/aromatic N) is 4. The zero-order valence-electron chi connectivity index (χ0n) is 15.0. The molecule has 1 aromatic carbocycles. The van der Waals surface area contributed by atoms with E-state index in [9.17, 15) is 18.9 Å². The number of carboxylic acids is 1. The highest BCUT2D eigenvalue weighted by atomic mass is 32.2. The molecule has 150 valence electrons. The third-order valence-electron chi connectivity index (χ3n) is 3.47. The number of benzene rings is 1. The lowest BCUT2D eigenvalue weighted by molar-refractivity contribution is -0.139. The van der Waals surface area contributed by atoms with Crippen molar-refractivity contribution in [3.8, 4) is 0 Å². The van der Waals surface area contributed by atoms with E-state index >= 15 is 0 Å². The van der Waals surface area contributed by atoms with E-state index in [4.69, 9.17) is 9.84 Å². The van der Waals surface area contributed by atoms with Gasteiger partial charge in [-0.05, 0) is 17.7 Å². The van der Waals surface area contributed by atoms with Crippen LogP contribution in [0.3, 0.4) is 0 Å². The molecular formula is C16H19N5O6S. The van der Waals surface area contributed by atoms with Crippen molar-refractivity contribution in [2.45, 2.75) is 37.7 Å². The Bertz CT molecular complexity index is 815. The van der Waals surface area contributed by atoms with Gasteiger partial charge in [-0.25, -0.2) is 4.79 Å². The van der Waals surface area contributed by atoms with Crippen LogP contribution in [0.4, 0.5) is 4.79 Å². The number of rotatable bonds is 10. The van der Waals surface area contributed by atoms with Crippen molar-refractivity contribution in [1.82, 2.24) is 25.5 Å². The summed E-state index contributed by atoms with van der Waals surface area (Å²) in [7, 11) is 0. The van der Waals surface area contributed by atoms with Gasteiger partial charge in [0.05, 0.1) is 6.42 Å². The van der Waals surface area contributed by atoms with Crippen LogP contribution in [0.5, 0.6) is 0 Å². The zero-order valence-corrected chi connectivity index (χ0v) is 15.8. The standard InChI is InChI=1S/C16H19N5O6S/c1-2-28(26)15-18-20-21(19-15)9-13(22)12(8-14(23)24)17-16(25)27-10-11-6-4-3-5-7-11/h3-7,12H,2,8-10H2,1H3,(H,17,25)(H,23,24). The molecule has 2 aromatic rings. The van der Waals surface area contributed by atoms with Gasteiger partial charge in [0.25, 0.3) is 0 Å². The first-order chi connectivity index (χ1) is 13.4. The van der Waals surface area contributed by atoms with Gasteiger partial charge in [0, 0.05) is 11.2 Å². The Morgan fingerprint density at radius 2 is 2.04 bits per heavy atom. The molecule has 1 heterocycles. The Morgan fingerprint density at radius 3 is 2.68 bits per heavy atom. The Morgan fingerprint density at radius 1 is 1.32 bits per heavy atom. The Balaban J connectivity index is 1.95. The van der Waals surface area contributed by atoms with Crippen LogP contribution in [0, 0.1) is 0 Å². The quantitative estimate of drug-likeness (QED) is 0.520. The SMILES string of the molecule is CC[S+]([O-])c1nnn(CC(=O)C(CC(=O)O)NC(=O)OCc2ccccc2)n1. The van der Waals surface area contributed by atoms with E-state index in [1.807, 2.05) is 6.07 Å². The normalized spacial score (nSPS) is 12.8. The summed E-state index contributed by atoms with van der Waals surface area (Å²) in [4.78, 5) is 36.2. The van der Waals surface area contributed by atoms with Crippen LogP contribution < -0.4 is 5.32 Å². The second kappa shape index (κ2) is 10.4. The molecule has 0 radical (unpaired) electrons. The minimum atomic E-state index is -1.43. The van der Waals surface area contributed by atoms with Gasteiger partial charge in [-0.15, -0.1) is 0 Å². The summed E-state index contributed by atoms with van der Waals surface area (Å²) in [5.74, 6) is -1.65.